The summed E-state index contributed by atoms with van der Waals surface area (Å²) in [6.45, 7) is 10.4. The van der Waals surface area contributed by atoms with Gasteiger partial charge < -0.3 is 5.32 Å². The number of rotatable bonds is 6. The van der Waals surface area contributed by atoms with E-state index in [9.17, 15) is 0 Å². The minimum atomic E-state index is 0.428. The van der Waals surface area contributed by atoms with Crippen LogP contribution in [0.5, 0.6) is 0 Å². The summed E-state index contributed by atoms with van der Waals surface area (Å²) in [7, 11) is 2.03. The van der Waals surface area contributed by atoms with Crippen LogP contribution in [-0.2, 0) is 7.05 Å². The molecule has 2 atom stereocenters. The van der Waals surface area contributed by atoms with Crippen LogP contribution in [0.2, 0.25) is 0 Å². The summed E-state index contributed by atoms with van der Waals surface area (Å²) < 4.78 is 2.00. The van der Waals surface area contributed by atoms with Crippen molar-refractivity contribution in [1.29, 1.82) is 0 Å². The van der Waals surface area contributed by atoms with Gasteiger partial charge in [0, 0.05) is 38.4 Å². The first-order valence-corrected chi connectivity index (χ1v) is 7.53. The van der Waals surface area contributed by atoms with Crippen LogP contribution in [0.1, 0.15) is 45.3 Å². The van der Waals surface area contributed by atoms with Crippen molar-refractivity contribution in [2.45, 2.75) is 45.7 Å². The zero-order chi connectivity index (χ0) is 13.8. The Labute approximate surface area is 117 Å². The number of aryl methyl sites for hydroxylation is 1. The maximum atomic E-state index is 4.31. The van der Waals surface area contributed by atoms with Crippen molar-refractivity contribution in [3.8, 4) is 0 Å². The Morgan fingerprint density at radius 3 is 2.79 bits per heavy atom. The molecule has 0 saturated carbocycles. The molecule has 1 aliphatic rings. The number of hydrogen-bond acceptors (Lipinski definition) is 3. The SMILES string of the molecule is CC(C)CN(CC1CCCN1)C(C)c1ccnn1C. The molecule has 2 heterocycles. The Bertz CT molecular complexity index is 379. The molecule has 1 aromatic heterocycles. The molecule has 0 amide bonds. The Morgan fingerprint density at radius 1 is 1.47 bits per heavy atom. The van der Waals surface area contributed by atoms with Gasteiger partial charge in [-0.2, -0.15) is 5.10 Å². The van der Waals surface area contributed by atoms with E-state index in [1.165, 1.54) is 25.1 Å². The quantitative estimate of drug-likeness (QED) is 0.855. The van der Waals surface area contributed by atoms with Gasteiger partial charge in [-0.25, -0.2) is 0 Å². The van der Waals surface area contributed by atoms with E-state index in [2.05, 4.69) is 42.2 Å². The van der Waals surface area contributed by atoms with Gasteiger partial charge in [-0.15, -0.1) is 0 Å². The lowest BCUT2D eigenvalue weighted by Crippen LogP contribution is -2.41. The molecule has 1 aliphatic heterocycles. The normalized spacial score (nSPS) is 21.5. The highest BCUT2D eigenvalue weighted by molar-refractivity contribution is 5.06. The first kappa shape index (κ1) is 14.5. The van der Waals surface area contributed by atoms with Gasteiger partial charge in [-0.05, 0) is 38.3 Å². The average molecular weight is 264 g/mol. The van der Waals surface area contributed by atoms with E-state index < -0.39 is 0 Å². The largest absolute Gasteiger partial charge is 0.313 e. The molecule has 0 aliphatic carbocycles. The Kier molecular flexibility index (Phi) is 4.99. The van der Waals surface area contributed by atoms with Gasteiger partial charge in [0.15, 0.2) is 0 Å². The van der Waals surface area contributed by atoms with E-state index in [4.69, 9.17) is 0 Å². The number of nitrogens with one attached hydrogen (secondary N) is 1. The third-order valence-electron chi connectivity index (χ3n) is 4.05. The molecule has 19 heavy (non-hydrogen) atoms. The lowest BCUT2D eigenvalue weighted by atomic mass is 10.1. The second-order valence-electron chi connectivity index (χ2n) is 6.20. The van der Waals surface area contributed by atoms with Gasteiger partial charge in [0.2, 0.25) is 0 Å². The Hall–Kier alpha value is -0.870. The molecule has 2 unspecified atom stereocenters. The summed E-state index contributed by atoms with van der Waals surface area (Å²) in [4.78, 5) is 2.60. The van der Waals surface area contributed by atoms with Crippen molar-refractivity contribution < 1.29 is 0 Å². The number of hydrogen-bond donors (Lipinski definition) is 1. The van der Waals surface area contributed by atoms with Crippen molar-refractivity contribution >= 4 is 0 Å². The molecule has 1 saturated heterocycles. The first-order chi connectivity index (χ1) is 9.08. The number of aromatic nitrogens is 2. The van der Waals surface area contributed by atoms with Crippen molar-refractivity contribution in [2.24, 2.45) is 13.0 Å². The first-order valence-electron chi connectivity index (χ1n) is 7.53. The monoisotopic (exact) mass is 264 g/mol. The van der Waals surface area contributed by atoms with Crippen molar-refractivity contribution in [2.75, 3.05) is 19.6 Å². The predicted molar refractivity (Wildman–Crippen MR) is 79.1 cm³/mol. The highest BCUT2D eigenvalue weighted by Crippen LogP contribution is 2.22. The Morgan fingerprint density at radius 2 is 2.26 bits per heavy atom. The summed E-state index contributed by atoms with van der Waals surface area (Å²) in [5.41, 5.74) is 1.30. The summed E-state index contributed by atoms with van der Waals surface area (Å²) in [6, 6.07) is 3.23. The fourth-order valence-electron chi connectivity index (χ4n) is 3.04. The van der Waals surface area contributed by atoms with Crippen LogP contribution in [0.3, 0.4) is 0 Å². The van der Waals surface area contributed by atoms with E-state index in [1.54, 1.807) is 0 Å². The van der Waals surface area contributed by atoms with Gasteiger partial charge in [0.25, 0.3) is 0 Å². The van der Waals surface area contributed by atoms with E-state index in [0.29, 0.717) is 18.0 Å². The van der Waals surface area contributed by atoms with Crippen LogP contribution in [-0.4, -0.2) is 40.4 Å². The minimum absolute atomic E-state index is 0.428. The number of nitrogens with zero attached hydrogens (tertiary/aromatic N) is 3. The van der Waals surface area contributed by atoms with Crippen LogP contribution in [0.25, 0.3) is 0 Å². The molecule has 2 rings (SSSR count). The van der Waals surface area contributed by atoms with Crippen LogP contribution < -0.4 is 5.32 Å². The van der Waals surface area contributed by atoms with E-state index >= 15 is 0 Å². The van der Waals surface area contributed by atoms with Gasteiger partial charge in [-0.3, -0.25) is 9.58 Å². The maximum absolute atomic E-state index is 4.31. The lowest BCUT2D eigenvalue weighted by molar-refractivity contribution is 0.166. The third kappa shape index (κ3) is 3.80. The summed E-state index contributed by atoms with van der Waals surface area (Å²) in [6.07, 6.45) is 4.53. The zero-order valence-electron chi connectivity index (χ0n) is 12.8. The smallest absolute Gasteiger partial charge is 0.0549 e. The summed E-state index contributed by atoms with van der Waals surface area (Å²) >= 11 is 0. The molecule has 0 spiro atoms. The van der Waals surface area contributed by atoms with Crippen LogP contribution in [0, 0.1) is 5.92 Å². The molecular weight excluding hydrogens is 236 g/mol. The van der Waals surface area contributed by atoms with Crippen molar-refractivity contribution in [1.82, 2.24) is 20.0 Å². The highest BCUT2D eigenvalue weighted by Gasteiger charge is 2.24. The van der Waals surface area contributed by atoms with Gasteiger partial charge in [0.05, 0.1) is 5.69 Å². The van der Waals surface area contributed by atoms with Crippen molar-refractivity contribution in [3.63, 3.8) is 0 Å². The third-order valence-corrected chi connectivity index (χ3v) is 4.05. The predicted octanol–water partition coefficient (Wildman–Crippen LogP) is 2.19. The second-order valence-corrected chi connectivity index (χ2v) is 6.20. The second kappa shape index (κ2) is 6.53. The lowest BCUT2D eigenvalue weighted by Gasteiger charge is -2.32. The van der Waals surface area contributed by atoms with Gasteiger partial charge in [-0.1, -0.05) is 13.8 Å². The van der Waals surface area contributed by atoms with Crippen LogP contribution in [0.15, 0.2) is 12.3 Å². The molecule has 4 heteroatoms. The highest BCUT2D eigenvalue weighted by atomic mass is 15.3. The molecule has 1 aromatic rings. The van der Waals surface area contributed by atoms with Crippen molar-refractivity contribution in [3.05, 3.63) is 18.0 Å². The molecule has 1 N–H and O–H groups in total. The molecular formula is C15H28N4. The Balaban J connectivity index is 2.05. The molecule has 4 nitrogen and oxygen atoms in total. The summed E-state index contributed by atoms with van der Waals surface area (Å²) in [5, 5.41) is 7.92. The van der Waals surface area contributed by atoms with E-state index in [1.807, 2.05) is 17.9 Å². The topological polar surface area (TPSA) is 33.1 Å². The van der Waals surface area contributed by atoms with Gasteiger partial charge in [0.1, 0.15) is 0 Å². The van der Waals surface area contributed by atoms with Gasteiger partial charge >= 0.3 is 0 Å². The zero-order valence-corrected chi connectivity index (χ0v) is 12.8. The van der Waals surface area contributed by atoms with E-state index in [-0.39, 0.29) is 0 Å². The standard InChI is InChI=1S/C15H28N4/c1-12(2)10-19(11-14-6-5-8-16-14)13(3)15-7-9-17-18(15)4/h7,9,12-14,16H,5-6,8,10-11H2,1-4H3. The fourth-order valence-corrected chi connectivity index (χ4v) is 3.04. The maximum Gasteiger partial charge on any atom is 0.0549 e. The molecule has 0 radical (unpaired) electrons. The fraction of sp³-hybridized carbons (Fsp3) is 0.800. The molecule has 108 valence electrons. The average Bonchev–Trinajstić information content (AvgIpc) is 2.98. The van der Waals surface area contributed by atoms with E-state index in [0.717, 1.165) is 13.1 Å². The summed E-state index contributed by atoms with van der Waals surface area (Å²) in [5.74, 6) is 0.692. The molecule has 0 bridgehead atoms. The van der Waals surface area contributed by atoms with Crippen LogP contribution >= 0.6 is 0 Å². The van der Waals surface area contributed by atoms with Crippen LogP contribution in [0.4, 0.5) is 0 Å². The molecule has 0 aromatic carbocycles. The minimum Gasteiger partial charge on any atom is -0.313 e. The molecule has 1 fully saturated rings.